The van der Waals surface area contributed by atoms with Crippen molar-refractivity contribution in [3.05, 3.63) is 155 Å². The van der Waals surface area contributed by atoms with Gasteiger partial charge in [0.2, 0.25) is 0 Å². The van der Waals surface area contributed by atoms with Gasteiger partial charge in [0.25, 0.3) is 0 Å². The van der Waals surface area contributed by atoms with Crippen molar-refractivity contribution in [2.75, 3.05) is 0 Å². The number of hydrogen-bond acceptors (Lipinski definition) is 0. The van der Waals surface area contributed by atoms with Gasteiger partial charge in [0.05, 0.1) is 0 Å². The van der Waals surface area contributed by atoms with Crippen LogP contribution in [-0.2, 0) is 0 Å². The first-order chi connectivity index (χ1) is 24.6. The Bertz CT molecular complexity index is 3160. The lowest BCUT2D eigenvalue weighted by atomic mass is 9.83. The van der Waals surface area contributed by atoms with E-state index in [0.717, 1.165) is 8.95 Å². The van der Waals surface area contributed by atoms with Crippen LogP contribution in [0, 0.1) is 0 Å². The van der Waals surface area contributed by atoms with Crippen LogP contribution in [0.1, 0.15) is 0 Å². The predicted molar refractivity (Wildman–Crippen MR) is 224 cm³/mol. The minimum Gasteiger partial charge on any atom is -0.0610 e. The SMILES string of the molecule is Brc1cc(-c2cc3cccc4ccc5cccc2c5c43)c2ccc3c(Br)cc(-c4cc5cccc6ccc7cccc4c7c65)c4ccc1c2c34. The molecule has 12 aromatic carbocycles. The molecular weight excluding hydrogens is 736 g/mol. The van der Waals surface area contributed by atoms with Crippen LogP contribution in [-0.4, -0.2) is 0 Å². The lowest BCUT2D eigenvalue weighted by molar-refractivity contribution is 1.68. The molecule has 0 fully saturated rings. The van der Waals surface area contributed by atoms with Crippen molar-refractivity contribution >= 4 is 129 Å². The van der Waals surface area contributed by atoms with Crippen molar-refractivity contribution < 1.29 is 0 Å². The summed E-state index contributed by atoms with van der Waals surface area (Å²) in [4.78, 5) is 0. The Labute approximate surface area is 303 Å². The Balaban J connectivity index is 1.23. The van der Waals surface area contributed by atoms with Crippen LogP contribution in [0.2, 0.25) is 0 Å². The summed E-state index contributed by atoms with van der Waals surface area (Å²) < 4.78 is 2.23. The molecule has 12 rings (SSSR count). The Morgan fingerprint density at radius 1 is 0.240 bits per heavy atom. The van der Waals surface area contributed by atoms with Crippen LogP contribution in [0.5, 0.6) is 0 Å². The van der Waals surface area contributed by atoms with Crippen molar-refractivity contribution in [3.8, 4) is 22.3 Å². The van der Waals surface area contributed by atoms with Crippen LogP contribution in [0.15, 0.2) is 155 Å². The molecular formula is C48H24Br2. The first-order valence-electron chi connectivity index (χ1n) is 17.1. The third-order valence-corrected chi connectivity index (χ3v) is 12.7. The second-order valence-electron chi connectivity index (χ2n) is 13.8. The molecule has 0 radical (unpaired) electrons. The molecule has 12 aromatic rings. The highest BCUT2D eigenvalue weighted by atomic mass is 79.9. The molecule has 0 heterocycles. The number of rotatable bonds is 2. The van der Waals surface area contributed by atoms with Crippen molar-refractivity contribution in [2.24, 2.45) is 0 Å². The molecule has 0 spiro atoms. The quantitative estimate of drug-likeness (QED) is 0.154. The highest BCUT2D eigenvalue weighted by molar-refractivity contribution is 9.11. The van der Waals surface area contributed by atoms with E-state index in [-0.39, 0.29) is 0 Å². The average molecular weight is 761 g/mol. The summed E-state index contributed by atoms with van der Waals surface area (Å²) in [6.07, 6.45) is 0. The smallest absolute Gasteiger partial charge is 0.0260 e. The summed E-state index contributed by atoms with van der Waals surface area (Å²) in [5.74, 6) is 0. The molecule has 0 saturated carbocycles. The number of halogens is 2. The fourth-order valence-corrected chi connectivity index (χ4v) is 10.4. The lowest BCUT2D eigenvalue weighted by Gasteiger charge is -2.21. The van der Waals surface area contributed by atoms with Gasteiger partial charge in [-0.05, 0) is 143 Å². The maximum Gasteiger partial charge on any atom is 0.0260 e. The zero-order chi connectivity index (χ0) is 32.8. The van der Waals surface area contributed by atoms with Gasteiger partial charge < -0.3 is 0 Å². The van der Waals surface area contributed by atoms with Gasteiger partial charge in [0.15, 0.2) is 0 Å². The van der Waals surface area contributed by atoms with E-state index in [1.54, 1.807) is 0 Å². The molecule has 50 heavy (non-hydrogen) atoms. The Morgan fingerprint density at radius 3 is 1.00 bits per heavy atom. The maximum atomic E-state index is 4.07. The minimum atomic E-state index is 1.11. The predicted octanol–water partition coefficient (Wildman–Crippen LogP) is 15.2. The van der Waals surface area contributed by atoms with Crippen molar-refractivity contribution in [2.45, 2.75) is 0 Å². The summed E-state index contributed by atoms with van der Waals surface area (Å²) in [5.41, 5.74) is 5.04. The third kappa shape index (κ3) is 3.45. The van der Waals surface area contributed by atoms with E-state index in [1.165, 1.54) is 119 Å². The Morgan fingerprint density at radius 2 is 0.560 bits per heavy atom. The molecule has 0 amide bonds. The van der Waals surface area contributed by atoms with Crippen molar-refractivity contribution in [1.82, 2.24) is 0 Å². The number of hydrogen-bond donors (Lipinski definition) is 0. The fraction of sp³-hybridized carbons (Fsp3) is 0. The van der Waals surface area contributed by atoms with Crippen LogP contribution in [0.4, 0.5) is 0 Å². The molecule has 0 saturated heterocycles. The van der Waals surface area contributed by atoms with E-state index in [4.69, 9.17) is 0 Å². The highest BCUT2D eigenvalue weighted by Crippen LogP contribution is 2.50. The molecule has 0 N–H and O–H groups in total. The first kappa shape index (κ1) is 27.5. The van der Waals surface area contributed by atoms with E-state index < -0.39 is 0 Å². The van der Waals surface area contributed by atoms with Crippen LogP contribution < -0.4 is 0 Å². The zero-order valence-electron chi connectivity index (χ0n) is 26.6. The lowest BCUT2D eigenvalue weighted by Crippen LogP contribution is -1.94. The third-order valence-electron chi connectivity index (χ3n) is 11.4. The van der Waals surface area contributed by atoms with E-state index in [9.17, 15) is 0 Å². The molecule has 0 aliphatic carbocycles. The fourth-order valence-electron chi connectivity index (χ4n) is 9.32. The molecule has 0 atom stereocenters. The topological polar surface area (TPSA) is 0 Å². The summed E-state index contributed by atoms with van der Waals surface area (Å²) in [7, 11) is 0. The Kier molecular flexibility index (Phi) is 5.34. The largest absolute Gasteiger partial charge is 0.0610 e. The van der Waals surface area contributed by atoms with E-state index >= 15 is 0 Å². The molecule has 230 valence electrons. The van der Waals surface area contributed by atoms with E-state index in [2.05, 4.69) is 177 Å². The molecule has 0 aliphatic heterocycles. The second-order valence-corrected chi connectivity index (χ2v) is 15.5. The first-order valence-corrected chi connectivity index (χ1v) is 18.6. The summed E-state index contributed by atoms with van der Waals surface area (Å²) >= 11 is 8.15. The van der Waals surface area contributed by atoms with Gasteiger partial charge >= 0.3 is 0 Å². The normalized spacial score (nSPS) is 12.6. The number of benzene rings is 12. The molecule has 0 aliphatic rings. The minimum absolute atomic E-state index is 1.11. The van der Waals surface area contributed by atoms with Gasteiger partial charge in [-0.25, -0.2) is 0 Å². The van der Waals surface area contributed by atoms with E-state index in [1.807, 2.05) is 0 Å². The van der Waals surface area contributed by atoms with E-state index in [0.29, 0.717) is 0 Å². The van der Waals surface area contributed by atoms with Crippen LogP contribution in [0.3, 0.4) is 0 Å². The molecule has 0 unspecified atom stereocenters. The van der Waals surface area contributed by atoms with Gasteiger partial charge in [-0.2, -0.15) is 0 Å². The molecule has 2 heteroatoms. The standard InChI is InChI=1S/C48H24Br2/c49-41-23-39(37-21-29-9-1-5-25-13-15-27-7-3-11-31(37)45(27)43(25)29)33-17-19-36-42(50)24-40(34-18-20-35(41)47(33)48(34)36)38-22-30-10-2-6-26-14-16-28-8-4-12-32(38)46(28)44(26)30/h1-24H. The van der Waals surface area contributed by atoms with Crippen molar-refractivity contribution in [3.63, 3.8) is 0 Å². The second kappa shape index (κ2) is 9.69. The molecule has 0 bridgehead atoms. The monoisotopic (exact) mass is 758 g/mol. The van der Waals surface area contributed by atoms with Gasteiger partial charge in [-0.15, -0.1) is 0 Å². The zero-order valence-corrected chi connectivity index (χ0v) is 29.8. The molecule has 0 nitrogen and oxygen atoms in total. The van der Waals surface area contributed by atoms with Gasteiger partial charge in [-0.3, -0.25) is 0 Å². The maximum absolute atomic E-state index is 4.07. The van der Waals surface area contributed by atoms with Crippen molar-refractivity contribution in [1.29, 1.82) is 0 Å². The van der Waals surface area contributed by atoms with Gasteiger partial charge in [0.1, 0.15) is 0 Å². The average Bonchev–Trinajstić information content (AvgIpc) is 3.16. The van der Waals surface area contributed by atoms with Gasteiger partial charge in [0, 0.05) is 8.95 Å². The molecule has 0 aromatic heterocycles. The summed E-state index contributed by atoms with van der Waals surface area (Å²) in [6.45, 7) is 0. The van der Waals surface area contributed by atoms with Gasteiger partial charge in [-0.1, -0.05) is 153 Å². The van der Waals surface area contributed by atoms with Crippen LogP contribution >= 0.6 is 31.9 Å². The Hall–Kier alpha value is -5.28. The summed E-state index contributed by atoms with van der Waals surface area (Å²) in [5, 5.41) is 23.3. The van der Waals surface area contributed by atoms with Crippen LogP contribution in [0.25, 0.3) is 119 Å². The highest BCUT2D eigenvalue weighted by Gasteiger charge is 2.22. The summed E-state index contributed by atoms with van der Waals surface area (Å²) in [6, 6.07) is 54.8.